The standard InChI is InChI=1S/C22H21N3O5S/c1-22(2,30-25-17(19(26)27)16-13-31-21(23)24-16)20(28)29-18(14-9-5-3-6-10-14)15-11-7-4-8-12-15/h3-13,18H,1-2H3,(H2,23,24)(H,26,27)/b25-17+. The van der Waals surface area contributed by atoms with Crippen molar-refractivity contribution in [1.29, 1.82) is 0 Å². The minimum absolute atomic E-state index is 0.0469. The molecule has 160 valence electrons. The van der Waals surface area contributed by atoms with E-state index < -0.39 is 29.4 Å². The molecule has 0 atom stereocenters. The van der Waals surface area contributed by atoms with E-state index in [9.17, 15) is 14.7 Å². The normalized spacial score (nSPS) is 11.9. The van der Waals surface area contributed by atoms with Gasteiger partial charge >= 0.3 is 11.9 Å². The molecular formula is C22H21N3O5S. The Balaban J connectivity index is 1.83. The average Bonchev–Trinajstić information content (AvgIpc) is 3.18. The zero-order chi connectivity index (χ0) is 22.4. The Morgan fingerprint density at radius 1 is 1.06 bits per heavy atom. The number of anilines is 1. The van der Waals surface area contributed by atoms with E-state index in [1.807, 2.05) is 60.7 Å². The van der Waals surface area contributed by atoms with Crippen molar-refractivity contribution >= 4 is 34.1 Å². The van der Waals surface area contributed by atoms with E-state index >= 15 is 0 Å². The van der Waals surface area contributed by atoms with Crippen LogP contribution in [0.3, 0.4) is 0 Å². The third-order valence-electron chi connectivity index (χ3n) is 4.25. The molecule has 3 aromatic rings. The number of carbonyl (C=O) groups excluding carboxylic acids is 1. The number of rotatable bonds is 8. The summed E-state index contributed by atoms with van der Waals surface area (Å²) in [7, 11) is 0. The molecule has 0 spiro atoms. The maximum atomic E-state index is 12.9. The maximum absolute atomic E-state index is 12.9. The molecule has 3 N–H and O–H groups in total. The van der Waals surface area contributed by atoms with E-state index in [2.05, 4.69) is 10.1 Å². The predicted molar refractivity (Wildman–Crippen MR) is 117 cm³/mol. The van der Waals surface area contributed by atoms with E-state index in [4.69, 9.17) is 15.3 Å². The predicted octanol–water partition coefficient (Wildman–Crippen LogP) is 3.64. The van der Waals surface area contributed by atoms with Crippen LogP contribution in [0.4, 0.5) is 5.13 Å². The molecule has 0 radical (unpaired) electrons. The fraction of sp³-hybridized carbons (Fsp3) is 0.182. The number of hydrogen-bond donors (Lipinski definition) is 2. The van der Waals surface area contributed by atoms with Gasteiger partial charge in [-0.25, -0.2) is 14.6 Å². The summed E-state index contributed by atoms with van der Waals surface area (Å²) in [5.74, 6) is -2.07. The summed E-state index contributed by atoms with van der Waals surface area (Å²) < 4.78 is 5.78. The molecule has 9 heteroatoms. The van der Waals surface area contributed by atoms with Crippen molar-refractivity contribution in [2.24, 2.45) is 5.16 Å². The second kappa shape index (κ2) is 9.40. The highest BCUT2D eigenvalue weighted by molar-refractivity contribution is 7.13. The molecule has 31 heavy (non-hydrogen) atoms. The van der Waals surface area contributed by atoms with Gasteiger partial charge in [0.05, 0.1) is 0 Å². The van der Waals surface area contributed by atoms with Crippen molar-refractivity contribution in [2.45, 2.75) is 25.6 Å². The topological polar surface area (TPSA) is 124 Å². The van der Waals surface area contributed by atoms with Crippen LogP contribution in [0, 0.1) is 0 Å². The van der Waals surface area contributed by atoms with Crippen LogP contribution >= 0.6 is 11.3 Å². The van der Waals surface area contributed by atoms with Gasteiger partial charge in [0.2, 0.25) is 11.3 Å². The van der Waals surface area contributed by atoms with Crippen molar-refractivity contribution in [2.75, 3.05) is 5.73 Å². The molecule has 0 fully saturated rings. The highest BCUT2D eigenvalue weighted by Gasteiger charge is 2.36. The molecule has 0 aliphatic rings. The number of thiazole rings is 1. The molecule has 0 bridgehead atoms. The van der Waals surface area contributed by atoms with Gasteiger partial charge in [-0.3, -0.25) is 0 Å². The van der Waals surface area contributed by atoms with Gasteiger partial charge in [0.1, 0.15) is 5.69 Å². The Labute approximate surface area is 182 Å². The first-order chi connectivity index (χ1) is 14.8. The first-order valence-electron chi connectivity index (χ1n) is 9.30. The monoisotopic (exact) mass is 439 g/mol. The van der Waals surface area contributed by atoms with Crippen LogP contribution in [0.25, 0.3) is 0 Å². The van der Waals surface area contributed by atoms with Gasteiger partial charge < -0.3 is 20.4 Å². The Hall–Kier alpha value is -3.72. The van der Waals surface area contributed by atoms with Crippen molar-refractivity contribution in [1.82, 2.24) is 4.98 Å². The van der Waals surface area contributed by atoms with Crippen LogP contribution in [-0.2, 0) is 19.2 Å². The third kappa shape index (κ3) is 5.46. The SMILES string of the molecule is CC(C)(O/N=C(/C(=O)O)c1csc(N)n1)C(=O)OC(c1ccccc1)c1ccccc1. The van der Waals surface area contributed by atoms with Gasteiger partial charge in [-0.05, 0) is 25.0 Å². The van der Waals surface area contributed by atoms with E-state index in [1.54, 1.807) is 0 Å². The van der Waals surface area contributed by atoms with E-state index in [0.717, 1.165) is 22.5 Å². The Morgan fingerprint density at radius 2 is 1.61 bits per heavy atom. The van der Waals surface area contributed by atoms with Crippen LogP contribution in [0.2, 0.25) is 0 Å². The lowest BCUT2D eigenvalue weighted by Gasteiger charge is -2.25. The molecule has 0 saturated heterocycles. The van der Waals surface area contributed by atoms with Crippen LogP contribution < -0.4 is 5.73 Å². The summed E-state index contributed by atoms with van der Waals surface area (Å²) in [6.07, 6.45) is -0.668. The molecule has 0 unspecified atom stereocenters. The summed E-state index contributed by atoms with van der Waals surface area (Å²) in [4.78, 5) is 33.7. The molecule has 0 aliphatic heterocycles. The van der Waals surface area contributed by atoms with E-state index in [0.29, 0.717) is 0 Å². The molecule has 0 aliphatic carbocycles. The number of carboxylic acids is 1. The number of carboxylic acid groups (broad SMARTS) is 1. The molecule has 8 nitrogen and oxygen atoms in total. The van der Waals surface area contributed by atoms with Crippen molar-refractivity contribution in [3.05, 3.63) is 82.9 Å². The number of aromatic nitrogens is 1. The Morgan fingerprint density at radius 3 is 2.06 bits per heavy atom. The summed E-state index contributed by atoms with van der Waals surface area (Å²) in [5.41, 5.74) is 5.14. The lowest BCUT2D eigenvalue weighted by molar-refractivity contribution is -0.172. The lowest BCUT2D eigenvalue weighted by atomic mass is 10.0. The molecule has 2 aromatic carbocycles. The van der Waals surface area contributed by atoms with E-state index in [-0.39, 0.29) is 10.8 Å². The number of aliphatic carboxylic acids is 1. The first-order valence-corrected chi connectivity index (χ1v) is 10.2. The zero-order valence-corrected chi connectivity index (χ0v) is 17.7. The number of ether oxygens (including phenoxy) is 1. The fourth-order valence-corrected chi connectivity index (χ4v) is 3.17. The number of benzene rings is 2. The minimum Gasteiger partial charge on any atom is -0.476 e. The van der Waals surface area contributed by atoms with Crippen molar-refractivity contribution in [3.8, 4) is 0 Å². The number of nitrogens with zero attached hydrogens (tertiary/aromatic N) is 2. The lowest BCUT2D eigenvalue weighted by Crippen LogP contribution is -2.37. The summed E-state index contributed by atoms with van der Waals surface area (Å²) in [6.45, 7) is 2.89. The van der Waals surface area contributed by atoms with Gasteiger partial charge in [-0.1, -0.05) is 65.8 Å². The summed E-state index contributed by atoms with van der Waals surface area (Å²) in [5, 5.41) is 14.7. The maximum Gasteiger partial charge on any atom is 0.360 e. The molecule has 1 aromatic heterocycles. The van der Waals surface area contributed by atoms with Crippen LogP contribution in [0.1, 0.15) is 36.8 Å². The van der Waals surface area contributed by atoms with Gasteiger partial charge in [0.25, 0.3) is 0 Å². The smallest absolute Gasteiger partial charge is 0.360 e. The Kier molecular flexibility index (Phi) is 6.66. The van der Waals surface area contributed by atoms with Crippen LogP contribution in [0.5, 0.6) is 0 Å². The molecule has 0 saturated carbocycles. The molecule has 1 heterocycles. The third-order valence-corrected chi connectivity index (χ3v) is 4.93. The molecule has 3 rings (SSSR count). The number of hydrogen-bond acceptors (Lipinski definition) is 8. The second-order valence-electron chi connectivity index (χ2n) is 7.02. The fourth-order valence-electron chi connectivity index (χ4n) is 2.62. The number of nitrogen functional groups attached to an aromatic ring is 1. The quantitative estimate of drug-likeness (QED) is 0.312. The number of esters is 1. The highest BCUT2D eigenvalue weighted by Crippen LogP contribution is 2.28. The van der Waals surface area contributed by atoms with Crippen LogP contribution in [0.15, 0.2) is 71.2 Å². The number of carbonyl (C=O) groups is 2. The largest absolute Gasteiger partial charge is 0.476 e. The first kappa shape index (κ1) is 22.0. The van der Waals surface area contributed by atoms with Crippen molar-refractivity contribution < 1.29 is 24.3 Å². The van der Waals surface area contributed by atoms with Gasteiger partial charge in [-0.15, -0.1) is 11.3 Å². The van der Waals surface area contributed by atoms with Crippen LogP contribution in [-0.4, -0.2) is 33.3 Å². The average molecular weight is 439 g/mol. The van der Waals surface area contributed by atoms with Crippen molar-refractivity contribution in [3.63, 3.8) is 0 Å². The Bertz CT molecular complexity index is 1040. The summed E-state index contributed by atoms with van der Waals surface area (Å²) in [6, 6.07) is 18.6. The zero-order valence-electron chi connectivity index (χ0n) is 16.9. The minimum atomic E-state index is -1.57. The number of oxime groups is 1. The second-order valence-corrected chi connectivity index (χ2v) is 7.91. The number of nitrogens with two attached hydrogens (primary N) is 1. The van der Waals surface area contributed by atoms with E-state index in [1.165, 1.54) is 19.2 Å². The van der Waals surface area contributed by atoms with Gasteiger partial charge in [0, 0.05) is 5.38 Å². The van der Waals surface area contributed by atoms with Gasteiger partial charge in [-0.2, -0.15) is 0 Å². The molecular weight excluding hydrogens is 418 g/mol. The molecule has 0 amide bonds. The summed E-state index contributed by atoms with van der Waals surface area (Å²) >= 11 is 1.07. The van der Waals surface area contributed by atoms with Gasteiger partial charge in [0.15, 0.2) is 11.2 Å². The highest BCUT2D eigenvalue weighted by atomic mass is 32.1.